The molecule has 1 rings (SSSR count). The zero-order valence-electron chi connectivity index (χ0n) is 6.26. The van der Waals surface area contributed by atoms with Crippen LogP contribution in [0.5, 0.6) is 5.75 Å². The lowest BCUT2D eigenvalue weighted by Crippen LogP contribution is -2.05. The number of nitrogens with one attached hydrogen (secondary N) is 1. The molecular formula is C5H7N3O4. The van der Waals surface area contributed by atoms with Gasteiger partial charge in [-0.3, -0.25) is 0 Å². The monoisotopic (exact) mass is 173 g/mol. The summed E-state index contributed by atoms with van der Waals surface area (Å²) < 4.78 is 4.84. The minimum Gasteiger partial charge on any atom is -0.491 e. The van der Waals surface area contributed by atoms with Crippen molar-refractivity contribution in [3.8, 4) is 5.75 Å². The Morgan fingerprint density at radius 1 is 1.67 bits per heavy atom. The number of H-pyrrole nitrogens is 1. The van der Waals surface area contributed by atoms with Gasteiger partial charge in [-0.2, -0.15) is 0 Å². The van der Waals surface area contributed by atoms with E-state index >= 15 is 0 Å². The largest absolute Gasteiger partial charge is 0.491 e. The Morgan fingerprint density at radius 2 is 2.25 bits per heavy atom. The molecule has 66 valence electrons. The van der Waals surface area contributed by atoms with Crippen LogP contribution in [-0.4, -0.2) is 17.3 Å². The Kier molecular flexibility index (Phi) is 4.90. The van der Waals surface area contributed by atoms with Gasteiger partial charge in [0.1, 0.15) is 0 Å². The summed E-state index contributed by atoms with van der Waals surface area (Å²) in [5.41, 5.74) is 0. The highest BCUT2D eigenvalue weighted by atomic mass is 16.9. The molecule has 0 radical (unpaired) electrons. The number of rotatable bonds is 1. The van der Waals surface area contributed by atoms with E-state index in [1.54, 1.807) is 25.6 Å². The van der Waals surface area contributed by atoms with Crippen LogP contribution in [0.4, 0.5) is 0 Å². The molecule has 7 nitrogen and oxygen atoms in total. The number of ether oxygens (including phenoxy) is 1. The lowest BCUT2D eigenvalue weighted by Gasteiger charge is -1.88. The molecule has 0 aromatic carbocycles. The van der Waals surface area contributed by atoms with Crippen LogP contribution in [0.2, 0.25) is 0 Å². The van der Waals surface area contributed by atoms with Gasteiger partial charge in [-0.1, -0.05) is 0 Å². The van der Waals surface area contributed by atoms with Crippen molar-refractivity contribution in [2.45, 2.75) is 0 Å². The van der Waals surface area contributed by atoms with E-state index in [2.05, 4.69) is 10.2 Å². The molecule has 0 aliphatic heterocycles. The zero-order valence-corrected chi connectivity index (χ0v) is 6.26. The first-order valence-electron chi connectivity index (χ1n) is 2.84. The van der Waals surface area contributed by atoms with Gasteiger partial charge in [-0.05, 0) is 5.10 Å². The molecule has 0 aliphatic rings. The Hall–Kier alpha value is -1.92. The molecule has 1 aromatic rings. The first-order valence-corrected chi connectivity index (χ1v) is 2.84. The van der Waals surface area contributed by atoms with Crippen LogP contribution >= 0.6 is 0 Å². The number of aromatic amines is 1. The number of hydrogen-bond donors (Lipinski definition) is 0. The molecule has 0 spiro atoms. The van der Waals surface area contributed by atoms with Crippen molar-refractivity contribution < 1.29 is 14.9 Å². The van der Waals surface area contributed by atoms with Gasteiger partial charge in [0, 0.05) is 6.07 Å². The van der Waals surface area contributed by atoms with Crippen LogP contribution in [0.1, 0.15) is 0 Å². The second kappa shape index (κ2) is 5.83. The molecule has 0 unspecified atom stereocenters. The van der Waals surface area contributed by atoms with Crippen molar-refractivity contribution in [1.29, 1.82) is 0 Å². The van der Waals surface area contributed by atoms with Crippen LogP contribution in [0, 0.1) is 15.3 Å². The average molecular weight is 173 g/mol. The highest BCUT2D eigenvalue weighted by molar-refractivity contribution is 5.09. The summed E-state index contributed by atoms with van der Waals surface area (Å²) in [5, 5.41) is 21.1. The van der Waals surface area contributed by atoms with E-state index < -0.39 is 5.09 Å². The second-order valence-corrected chi connectivity index (χ2v) is 1.55. The van der Waals surface area contributed by atoms with Crippen molar-refractivity contribution in [3.63, 3.8) is 0 Å². The quantitative estimate of drug-likeness (QED) is 0.427. The lowest BCUT2D eigenvalue weighted by atomic mass is 10.5. The van der Waals surface area contributed by atoms with Crippen LogP contribution < -0.4 is 9.84 Å². The molecular weight excluding hydrogens is 166 g/mol. The third-order valence-electron chi connectivity index (χ3n) is 0.830. The third kappa shape index (κ3) is 6.20. The minimum absolute atomic E-state index is 0.792. The fourth-order valence-electron chi connectivity index (χ4n) is 0.430. The summed E-state index contributed by atoms with van der Waals surface area (Å²) in [6.07, 6.45) is 3.32. The van der Waals surface area contributed by atoms with E-state index in [4.69, 9.17) is 20.1 Å². The van der Waals surface area contributed by atoms with Crippen molar-refractivity contribution in [2.24, 2.45) is 0 Å². The standard InChI is InChI=1S/C5H6N2O.NO3/c1-8-5-2-3-6-7-4-5;2-1(3)4/h2-4H,1H3;/q;-1/p+1. The summed E-state index contributed by atoms with van der Waals surface area (Å²) in [6.45, 7) is 0. The fourth-order valence-corrected chi connectivity index (χ4v) is 0.430. The molecule has 7 heteroatoms. The number of methoxy groups -OCH3 is 1. The van der Waals surface area contributed by atoms with E-state index in [9.17, 15) is 0 Å². The van der Waals surface area contributed by atoms with E-state index in [1.165, 1.54) is 0 Å². The summed E-state index contributed by atoms with van der Waals surface area (Å²) in [6, 6.07) is 1.77. The molecule has 0 saturated heterocycles. The maximum atomic E-state index is 8.25. The van der Waals surface area contributed by atoms with E-state index in [-0.39, 0.29) is 0 Å². The van der Waals surface area contributed by atoms with Crippen LogP contribution in [-0.2, 0) is 0 Å². The third-order valence-corrected chi connectivity index (χ3v) is 0.830. The van der Waals surface area contributed by atoms with Crippen molar-refractivity contribution in [1.82, 2.24) is 5.10 Å². The highest BCUT2D eigenvalue weighted by Gasteiger charge is 1.88. The predicted molar refractivity (Wildman–Crippen MR) is 37.7 cm³/mol. The van der Waals surface area contributed by atoms with Gasteiger partial charge in [-0.15, -0.1) is 5.10 Å². The van der Waals surface area contributed by atoms with Crippen LogP contribution in [0.15, 0.2) is 18.5 Å². The predicted octanol–water partition coefficient (Wildman–Crippen LogP) is -0.335. The number of hydrogen-bond acceptors (Lipinski definition) is 5. The molecule has 0 amide bonds. The zero-order chi connectivity index (χ0) is 9.40. The minimum atomic E-state index is -1.75. The highest BCUT2D eigenvalue weighted by Crippen LogP contribution is 1.99. The molecule has 0 bridgehead atoms. The van der Waals surface area contributed by atoms with Crippen LogP contribution in [0.3, 0.4) is 0 Å². The topological polar surface area (TPSA) is 102 Å². The Morgan fingerprint density at radius 3 is 2.50 bits per heavy atom. The van der Waals surface area contributed by atoms with E-state index in [0.29, 0.717) is 0 Å². The summed E-state index contributed by atoms with van der Waals surface area (Å²) in [4.78, 5) is 8.25. The number of nitrogens with zero attached hydrogens (tertiary/aromatic N) is 2. The van der Waals surface area contributed by atoms with E-state index in [1.807, 2.05) is 0 Å². The van der Waals surface area contributed by atoms with Crippen LogP contribution in [0.25, 0.3) is 0 Å². The first kappa shape index (κ1) is 10.1. The van der Waals surface area contributed by atoms with Gasteiger partial charge in [0.15, 0.2) is 5.75 Å². The van der Waals surface area contributed by atoms with Gasteiger partial charge in [0.05, 0.1) is 18.4 Å². The molecule has 12 heavy (non-hydrogen) atoms. The van der Waals surface area contributed by atoms with Crippen molar-refractivity contribution in [2.75, 3.05) is 7.11 Å². The molecule has 1 aromatic heterocycles. The second-order valence-electron chi connectivity index (χ2n) is 1.55. The summed E-state index contributed by atoms with van der Waals surface area (Å²) in [7, 11) is 1.61. The summed E-state index contributed by atoms with van der Waals surface area (Å²) in [5.74, 6) is 0.792. The summed E-state index contributed by atoms with van der Waals surface area (Å²) >= 11 is 0. The first-order chi connectivity index (χ1) is 5.66. The fraction of sp³-hybridized carbons (Fsp3) is 0.200. The molecule has 0 saturated carbocycles. The molecule has 0 aliphatic carbocycles. The SMILES string of the molecule is COc1ccn[nH+]c1.O=[N+]([O-])[O-]. The molecule has 0 atom stereocenters. The Bertz CT molecular complexity index is 223. The van der Waals surface area contributed by atoms with E-state index in [0.717, 1.165) is 5.75 Å². The number of aromatic nitrogens is 2. The average Bonchev–Trinajstić information content (AvgIpc) is 2.05. The Balaban J connectivity index is 0.000000261. The molecule has 0 fully saturated rings. The van der Waals surface area contributed by atoms with Gasteiger partial charge in [0.2, 0.25) is 6.20 Å². The molecule has 1 N–H and O–H groups in total. The maximum absolute atomic E-state index is 8.25. The van der Waals surface area contributed by atoms with Gasteiger partial charge < -0.3 is 20.1 Å². The van der Waals surface area contributed by atoms with Crippen molar-refractivity contribution in [3.05, 3.63) is 33.8 Å². The maximum Gasteiger partial charge on any atom is 0.235 e. The smallest absolute Gasteiger partial charge is 0.235 e. The molecule has 1 heterocycles. The van der Waals surface area contributed by atoms with Gasteiger partial charge in [-0.25, -0.2) is 0 Å². The van der Waals surface area contributed by atoms with Gasteiger partial charge in [0.25, 0.3) is 0 Å². The van der Waals surface area contributed by atoms with Crippen molar-refractivity contribution >= 4 is 0 Å². The Labute approximate surface area is 67.7 Å². The van der Waals surface area contributed by atoms with Gasteiger partial charge >= 0.3 is 0 Å². The normalized spacial score (nSPS) is 7.75. The lowest BCUT2D eigenvalue weighted by molar-refractivity contribution is -0.455.